The van der Waals surface area contributed by atoms with Crippen LogP contribution in [-0.4, -0.2) is 4.99 Å². The molecule has 0 aliphatic carbocycles. The van der Waals surface area contributed by atoms with Gasteiger partial charge in [-0.05, 0) is 34.1 Å². The van der Waals surface area contributed by atoms with E-state index in [4.69, 9.17) is 22.7 Å². The van der Waals surface area contributed by atoms with Gasteiger partial charge in [-0.2, -0.15) is 0 Å². The highest BCUT2D eigenvalue weighted by Gasteiger charge is 2.07. The third-order valence-electron chi connectivity index (χ3n) is 2.62. The molecule has 0 heterocycles. The Morgan fingerprint density at radius 1 is 1.15 bits per heavy atom. The number of hydrogen-bond acceptors (Lipinski definition) is 2. The van der Waals surface area contributed by atoms with Crippen molar-refractivity contribution in [3.8, 4) is 5.75 Å². The van der Waals surface area contributed by atoms with Crippen LogP contribution in [0.4, 0.5) is 8.78 Å². The smallest absolute Gasteiger partial charge is 0.141 e. The summed E-state index contributed by atoms with van der Waals surface area (Å²) in [5.74, 6) is -0.580. The van der Waals surface area contributed by atoms with Crippen molar-refractivity contribution in [2.24, 2.45) is 5.73 Å². The first-order chi connectivity index (χ1) is 9.47. The SMILES string of the molecule is NC(=S)c1ccc(COc2ccc(Br)c(F)c2)c(F)c1. The molecule has 0 unspecified atom stereocenters. The maximum atomic E-state index is 13.8. The molecule has 2 aromatic carbocycles. The number of benzene rings is 2. The molecule has 0 aliphatic heterocycles. The first-order valence-corrected chi connectivity index (χ1v) is 6.83. The van der Waals surface area contributed by atoms with Crippen molar-refractivity contribution in [2.75, 3.05) is 0 Å². The lowest BCUT2D eigenvalue weighted by Crippen LogP contribution is -2.10. The van der Waals surface area contributed by atoms with E-state index in [9.17, 15) is 8.78 Å². The van der Waals surface area contributed by atoms with Gasteiger partial charge < -0.3 is 10.5 Å². The van der Waals surface area contributed by atoms with E-state index in [1.165, 1.54) is 18.2 Å². The molecule has 0 atom stereocenters. The highest BCUT2D eigenvalue weighted by molar-refractivity contribution is 9.10. The standard InChI is InChI=1S/C14H10BrF2NOS/c15-11-4-3-10(6-13(11)17)19-7-9-2-1-8(14(18)20)5-12(9)16/h1-6H,7H2,(H2,18,20). The van der Waals surface area contributed by atoms with Gasteiger partial charge >= 0.3 is 0 Å². The molecule has 20 heavy (non-hydrogen) atoms. The summed E-state index contributed by atoms with van der Waals surface area (Å²) in [6, 6.07) is 8.76. The minimum atomic E-state index is -0.465. The van der Waals surface area contributed by atoms with Crippen LogP contribution in [0.25, 0.3) is 0 Å². The molecule has 0 aromatic heterocycles. The molecule has 0 radical (unpaired) electrons. The highest BCUT2D eigenvalue weighted by Crippen LogP contribution is 2.22. The van der Waals surface area contributed by atoms with Gasteiger partial charge in [-0.25, -0.2) is 8.78 Å². The molecule has 0 amide bonds. The summed E-state index contributed by atoms with van der Waals surface area (Å²) in [4.78, 5) is 0.131. The van der Waals surface area contributed by atoms with E-state index < -0.39 is 11.6 Å². The molecule has 2 nitrogen and oxygen atoms in total. The van der Waals surface area contributed by atoms with E-state index in [-0.39, 0.29) is 11.6 Å². The third-order valence-corrected chi connectivity index (χ3v) is 3.50. The van der Waals surface area contributed by atoms with Gasteiger partial charge in [-0.1, -0.05) is 24.4 Å². The number of ether oxygens (including phenoxy) is 1. The first-order valence-electron chi connectivity index (χ1n) is 5.63. The molecular formula is C14H10BrF2NOS. The lowest BCUT2D eigenvalue weighted by molar-refractivity contribution is 0.298. The van der Waals surface area contributed by atoms with Crippen molar-refractivity contribution in [2.45, 2.75) is 6.61 Å². The fourth-order valence-corrected chi connectivity index (χ4v) is 1.92. The molecule has 0 fully saturated rings. The van der Waals surface area contributed by atoms with E-state index in [1.54, 1.807) is 18.2 Å². The van der Waals surface area contributed by atoms with Gasteiger partial charge in [0.25, 0.3) is 0 Å². The summed E-state index contributed by atoms with van der Waals surface area (Å²) in [6.45, 7) is -0.00941. The normalized spacial score (nSPS) is 10.3. The van der Waals surface area contributed by atoms with Crippen LogP contribution in [0.5, 0.6) is 5.75 Å². The molecule has 2 aromatic rings. The number of rotatable bonds is 4. The van der Waals surface area contributed by atoms with Crippen LogP contribution < -0.4 is 10.5 Å². The van der Waals surface area contributed by atoms with Gasteiger partial charge in [0.15, 0.2) is 0 Å². The molecule has 0 spiro atoms. The minimum absolute atomic E-state index is 0.00941. The van der Waals surface area contributed by atoms with Crippen LogP contribution in [0, 0.1) is 11.6 Å². The summed E-state index contributed by atoms with van der Waals surface area (Å²) < 4.78 is 32.8. The average molecular weight is 358 g/mol. The van der Waals surface area contributed by atoms with Gasteiger partial charge in [0.2, 0.25) is 0 Å². The van der Waals surface area contributed by atoms with Crippen molar-refractivity contribution in [3.63, 3.8) is 0 Å². The second-order valence-electron chi connectivity index (χ2n) is 4.04. The van der Waals surface area contributed by atoms with Crippen LogP contribution in [0.2, 0.25) is 0 Å². The molecule has 2 N–H and O–H groups in total. The maximum Gasteiger partial charge on any atom is 0.141 e. The highest BCUT2D eigenvalue weighted by atomic mass is 79.9. The molecular weight excluding hydrogens is 348 g/mol. The Hall–Kier alpha value is -1.53. The van der Waals surface area contributed by atoms with Crippen molar-refractivity contribution >= 4 is 33.1 Å². The molecule has 6 heteroatoms. The van der Waals surface area contributed by atoms with Crippen LogP contribution >= 0.6 is 28.1 Å². The average Bonchev–Trinajstić information content (AvgIpc) is 2.41. The summed E-state index contributed by atoms with van der Waals surface area (Å²) in [5, 5.41) is 0. The zero-order valence-corrected chi connectivity index (χ0v) is 12.6. The monoisotopic (exact) mass is 357 g/mol. The number of halogens is 3. The van der Waals surface area contributed by atoms with Gasteiger partial charge in [0.1, 0.15) is 29.0 Å². The van der Waals surface area contributed by atoms with Crippen molar-refractivity contribution < 1.29 is 13.5 Å². The fourth-order valence-electron chi connectivity index (χ4n) is 1.55. The quantitative estimate of drug-likeness (QED) is 0.841. The fraction of sp³-hybridized carbons (Fsp3) is 0.0714. The van der Waals surface area contributed by atoms with Crippen molar-refractivity contribution in [3.05, 3.63) is 63.6 Å². The Balaban J connectivity index is 2.10. The largest absolute Gasteiger partial charge is 0.489 e. The lowest BCUT2D eigenvalue weighted by atomic mass is 10.1. The Kier molecular flexibility index (Phi) is 4.67. The Morgan fingerprint density at radius 3 is 2.50 bits per heavy atom. The topological polar surface area (TPSA) is 35.2 Å². The van der Waals surface area contributed by atoms with Crippen LogP contribution in [0.1, 0.15) is 11.1 Å². The van der Waals surface area contributed by atoms with Crippen LogP contribution in [0.3, 0.4) is 0 Å². The van der Waals surface area contributed by atoms with E-state index in [0.717, 1.165) is 0 Å². The first kappa shape index (κ1) is 14.9. The Morgan fingerprint density at radius 2 is 1.90 bits per heavy atom. The molecule has 2 rings (SSSR count). The third kappa shape index (κ3) is 3.52. The van der Waals surface area contributed by atoms with E-state index in [1.807, 2.05) is 0 Å². The summed E-state index contributed by atoms with van der Waals surface area (Å²) in [5.41, 5.74) is 6.21. The predicted molar refractivity (Wildman–Crippen MR) is 80.7 cm³/mol. The minimum Gasteiger partial charge on any atom is -0.489 e. The molecule has 104 valence electrons. The van der Waals surface area contributed by atoms with Crippen LogP contribution in [-0.2, 0) is 6.61 Å². The van der Waals surface area contributed by atoms with Gasteiger partial charge in [-0.3, -0.25) is 0 Å². The zero-order chi connectivity index (χ0) is 14.7. The van der Waals surface area contributed by atoms with E-state index in [0.29, 0.717) is 21.3 Å². The van der Waals surface area contributed by atoms with E-state index >= 15 is 0 Å². The van der Waals surface area contributed by atoms with Gasteiger partial charge in [-0.15, -0.1) is 0 Å². The van der Waals surface area contributed by atoms with Gasteiger partial charge in [0.05, 0.1) is 4.47 Å². The Bertz CT molecular complexity index is 664. The zero-order valence-electron chi connectivity index (χ0n) is 10.2. The number of thiocarbonyl (C=S) groups is 1. The van der Waals surface area contributed by atoms with Crippen molar-refractivity contribution in [1.29, 1.82) is 0 Å². The second kappa shape index (κ2) is 6.28. The number of hydrogen-bond donors (Lipinski definition) is 1. The van der Waals surface area contributed by atoms with Crippen LogP contribution in [0.15, 0.2) is 40.9 Å². The molecule has 0 saturated carbocycles. The number of nitrogens with two attached hydrogens (primary N) is 1. The van der Waals surface area contributed by atoms with E-state index in [2.05, 4.69) is 15.9 Å². The maximum absolute atomic E-state index is 13.8. The molecule has 0 bridgehead atoms. The van der Waals surface area contributed by atoms with Crippen molar-refractivity contribution in [1.82, 2.24) is 0 Å². The second-order valence-corrected chi connectivity index (χ2v) is 5.33. The summed E-state index contributed by atoms with van der Waals surface area (Å²) in [7, 11) is 0. The molecule has 0 saturated heterocycles. The van der Waals surface area contributed by atoms with Gasteiger partial charge in [0, 0.05) is 17.2 Å². The summed E-state index contributed by atoms with van der Waals surface area (Å²) >= 11 is 7.81. The Labute approximate surface area is 128 Å². The molecule has 0 aliphatic rings. The predicted octanol–water partition coefficient (Wildman–Crippen LogP) is 3.94. The summed E-state index contributed by atoms with van der Waals surface area (Å²) in [6.07, 6.45) is 0. The lowest BCUT2D eigenvalue weighted by Gasteiger charge is -2.08.